The van der Waals surface area contributed by atoms with Crippen LogP contribution in [0.25, 0.3) is 0 Å². The second-order valence-electron chi connectivity index (χ2n) is 5.12. The van der Waals surface area contributed by atoms with Crippen LogP contribution in [0.3, 0.4) is 0 Å². The molecule has 0 saturated heterocycles. The summed E-state index contributed by atoms with van der Waals surface area (Å²) in [7, 11) is 0. The third-order valence-corrected chi connectivity index (χ3v) is 5.01. The molecule has 1 aromatic carbocycles. The highest BCUT2D eigenvalue weighted by Gasteiger charge is 2.24. The quantitative estimate of drug-likeness (QED) is 0.705. The molecule has 0 radical (unpaired) electrons. The summed E-state index contributed by atoms with van der Waals surface area (Å²) in [5, 5.41) is 0. The highest BCUT2D eigenvalue weighted by atomic mass is 32.2. The average molecular weight is 264 g/mol. The normalized spacial score (nSPS) is 14.0. The molecule has 0 nitrogen and oxygen atoms in total. The molecule has 0 aliphatic rings. The van der Waals surface area contributed by atoms with Crippen LogP contribution in [0.1, 0.15) is 37.5 Å². The van der Waals surface area contributed by atoms with Crippen LogP contribution in [0, 0.1) is 37.4 Å². The van der Waals surface area contributed by atoms with Crippen LogP contribution in [0.15, 0.2) is 12.1 Å². The van der Waals surface area contributed by atoms with Gasteiger partial charge in [0.15, 0.2) is 0 Å². The lowest BCUT2D eigenvalue weighted by Gasteiger charge is -2.25. The van der Waals surface area contributed by atoms with E-state index in [0.717, 1.165) is 11.1 Å². The van der Waals surface area contributed by atoms with Crippen molar-refractivity contribution in [3.05, 3.63) is 34.6 Å². The van der Waals surface area contributed by atoms with E-state index in [0.29, 0.717) is 11.5 Å². The fourth-order valence-corrected chi connectivity index (χ4v) is 2.14. The first-order valence-corrected chi connectivity index (χ1v) is 7.37. The highest BCUT2D eigenvalue weighted by Crippen LogP contribution is 2.30. The molecule has 1 unspecified atom stereocenters. The summed E-state index contributed by atoms with van der Waals surface area (Å²) in [5.41, 5.74) is 2.42. The molecule has 0 bridgehead atoms. The van der Waals surface area contributed by atoms with Gasteiger partial charge in [-0.1, -0.05) is 25.7 Å². The van der Waals surface area contributed by atoms with Gasteiger partial charge in [-0.25, -0.2) is 4.39 Å². The Balaban J connectivity index is 3.13. The zero-order valence-electron chi connectivity index (χ0n) is 12.0. The van der Waals surface area contributed by atoms with Crippen molar-refractivity contribution in [2.75, 3.05) is 6.26 Å². The minimum absolute atomic E-state index is 0.0880. The molecule has 2 heteroatoms. The number of rotatable bonds is 2. The lowest BCUT2D eigenvalue weighted by Crippen LogP contribution is -2.24. The van der Waals surface area contributed by atoms with Crippen LogP contribution < -0.4 is 0 Å². The van der Waals surface area contributed by atoms with E-state index in [1.807, 2.05) is 13.0 Å². The Kier molecular flexibility index (Phi) is 4.87. The van der Waals surface area contributed by atoms with Gasteiger partial charge in [0.05, 0.1) is 4.75 Å². The molecule has 1 aromatic rings. The molecule has 0 aromatic heterocycles. The van der Waals surface area contributed by atoms with Gasteiger partial charge in [-0.3, -0.25) is 0 Å². The van der Waals surface area contributed by atoms with Gasteiger partial charge in [0.2, 0.25) is 0 Å². The van der Waals surface area contributed by atoms with Crippen molar-refractivity contribution < 1.29 is 4.39 Å². The standard InChI is InChI=1S/C16H21FS/c1-11(2)16(5,18-6)8-7-14-9-12(3)13(4)15(17)10-14/h9-11H,1-6H3. The minimum Gasteiger partial charge on any atom is -0.207 e. The first kappa shape index (κ1) is 15.1. The zero-order chi connectivity index (χ0) is 13.9. The summed E-state index contributed by atoms with van der Waals surface area (Å²) in [4.78, 5) is 0. The molecule has 0 amide bonds. The van der Waals surface area contributed by atoms with E-state index in [2.05, 4.69) is 38.9 Å². The first-order valence-electron chi connectivity index (χ1n) is 6.15. The predicted molar refractivity (Wildman–Crippen MR) is 79.5 cm³/mol. The SMILES string of the molecule is CSC(C)(C#Cc1cc(C)c(C)c(F)c1)C(C)C. The van der Waals surface area contributed by atoms with Gasteiger partial charge in [0.1, 0.15) is 5.82 Å². The Morgan fingerprint density at radius 2 is 1.89 bits per heavy atom. The molecule has 0 spiro atoms. The molecule has 0 heterocycles. The van der Waals surface area contributed by atoms with E-state index in [1.165, 1.54) is 6.07 Å². The number of benzene rings is 1. The summed E-state index contributed by atoms with van der Waals surface area (Å²) in [6, 6.07) is 3.48. The lowest BCUT2D eigenvalue weighted by molar-refractivity contribution is 0.563. The van der Waals surface area contributed by atoms with Crippen molar-refractivity contribution in [1.82, 2.24) is 0 Å². The van der Waals surface area contributed by atoms with Crippen LogP contribution >= 0.6 is 11.8 Å². The van der Waals surface area contributed by atoms with E-state index < -0.39 is 0 Å². The molecule has 0 saturated carbocycles. The maximum absolute atomic E-state index is 13.6. The van der Waals surface area contributed by atoms with Gasteiger partial charge in [0, 0.05) is 5.56 Å². The molecular weight excluding hydrogens is 243 g/mol. The van der Waals surface area contributed by atoms with Crippen LogP contribution in [0.2, 0.25) is 0 Å². The van der Waals surface area contributed by atoms with Crippen molar-refractivity contribution in [2.24, 2.45) is 5.92 Å². The van der Waals surface area contributed by atoms with Crippen molar-refractivity contribution >= 4 is 11.8 Å². The number of halogens is 1. The molecule has 1 rings (SSSR count). The monoisotopic (exact) mass is 264 g/mol. The third kappa shape index (κ3) is 3.29. The van der Waals surface area contributed by atoms with Crippen LogP contribution in [-0.4, -0.2) is 11.0 Å². The Hall–Kier alpha value is -0.940. The molecule has 98 valence electrons. The van der Waals surface area contributed by atoms with Crippen molar-refractivity contribution in [3.63, 3.8) is 0 Å². The molecule has 0 aliphatic carbocycles. The van der Waals surface area contributed by atoms with Gasteiger partial charge in [-0.2, -0.15) is 0 Å². The highest BCUT2D eigenvalue weighted by molar-refractivity contribution is 8.00. The van der Waals surface area contributed by atoms with Crippen molar-refractivity contribution in [2.45, 2.75) is 39.4 Å². The van der Waals surface area contributed by atoms with Gasteiger partial charge >= 0.3 is 0 Å². The molecule has 1 atom stereocenters. The van der Waals surface area contributed by atoms with E-state index in [1.54, 1.807) is 18.7 Å². The van der Waals surface area contributed by atoms with Crippen LogP contribution in [0.5, 0.6) is 0 Å². The Morgan fingerprint density at radius 1 is 1.28 bits per heavy atom. The van der Waals surface area contributed by atoms with Gasteiger partial charge in [-0.05, 0) is 56.2 Å². The summed E-state index contributed by atoms with van der Waals surface area (Å²) in [6.45, 7) is 10.2. The number of hydrogen-bond donors (Lipinski definition) is 0. The van der Waals surface area contributed by atoms with Crippen molar-refractivity contribution in [3.8, 4) is 11.8 Å². The fraction of sp³-hybridized carbons (Fsp3) is 0.500. The largest absolute Gasteiger partial charge is 0.207 e. The van der Waals surface area contributed by atoms with E-state index in [-0.39, 0.29) is 10.6 Å². The predicted octanol–water partition coefficient (Wildman–Crippen LogP) is 4.57. The molecule has 0 fully saturated rings. The second kappa shape index (κ2) is 5.80. The lowest BCUT2D eigenvalue weighted by atomic mass is 9.96. The summed E-state index contributed by atoms with van der Waals surface area (Å²) in [5.74, 6) is 6.68. The first-order chi connectivity index (χ1) is 8.30. The van der Waals surface area contributed by atoms with Crippen LogP contribution in [-0.2, 0) is 0 Å². The Morgan fingerprint density at radius 3 is 2.33 bits per heavy atom. The number of hydrogen-bond acceptors (Lipinski definition) is 1. The van der Waals surface area contributed by atoms with E-state index in [9.17, 15) is 4.39 Å². The van der Waals surface area contributed by atoms with Crippen LogP contribution in [0.4, 0.5) is 4.39 Å². The third-order valence-electron chi connectivity index (χ3n) is 3.58. The molecular formula is C16H21FS. The Bertz CT molecular complexity index is 471. The fourth-order valence-electron chi connectivity index (χ4n) is 1.52. The molecule has 0 aliphatic heterocycles. The summed E-state index contributed by atoms with van der Waals surface area (Å²) >= 11 is 1.74. The van der Waals surface area contributed by atoms with Gasteiger partial charge in [0.25, 0.3) is 0 Å². The summed E-state index contributed by atoms with van der Waals surface area (Å²) < 4.78 is 13.5. The van der Waals surface area contributed by atoms with E-state index in [4.69, 9.17) is 0 Å². The number of aryl methyl sites for hydroxylation is 1. The molecule has 0 N–H and O–H groups in total. The van der Waals surface area contributed by atoms with E-state index >= 15 is 0 Å². The minimum atomic E-state index is -0.172. The van der Waals surface area contributed by atoms with Gasteiger partial charge < -0.3 is 0 Å². The number of thioether (sulfide) groups is 1. The van der Waals surface area contributed by atoms with Gasteiger partial charge in [-0.15, -0.1) is 11.8 Å². The summed E-state index contributed by atoms with van der Waals surface area (Å²) in [6.07, 6.45) is 2.07. The smallest absolute Gasteiger partial charge is 0.127 e. The maximum Gasteiger partial charge on any atom is 0.127 e. The maximum atomic E-state index is 13.6. The zero-order valence-corrected chi connectivity index (χ0v) is 12.8. The average Bonchev–Trinajstić information content (AvgIpc) is 2.32. The molecule has 18 heavy (non-hydrogen) atoms. The topological polar surface area (TPSA) is 0 Å². The van der Waals surface area contributed by atoms with Crippen molar-refractivity contribution in [1.29, 1.82) is 0 Å². The second-order valence-corrected chi connectivity index (χ2v) is 6.37. The Labute approximate surface area is 114 Å².